The van der Waals surface area contributed by atoms with Crippen LogP contribution < -0.4 is 28.3 Å². The Hall–Kier alpha value is -0.806. The molecule has 0 amide bonds. The molecule has 0 atom stereocenters. The Morgan fingerprint density at radius 2 is 1.56 bits per heavy atom. The minimum absolute atomic E-state index is 0. The average molecular weight is 353 g/mol. The Morgan fingerprint density at radius 1 is 1.00 bits per heavy atom. The molecule has 0 bridgehead atoms. The van der Waals surface area contributed by atoms with Crippen LogP contribution in [0.3, 0.4) is 0 Å². The van der Waals surface area contributed by atoms with Crippen molar-refractivity contribution >= 4 is 8.07 Å². The van der Waals surface area contributed by atoms with Crippen LogP contribution in [-0.2, 0) is 0 Å². The normalized spacial score (nSPS) is 10.9. The zero-order chi connectivity index (χ0) is 18.2. The molecule has 0 heterocycles. The summed E-state index contributed by atoms with van der Waals surface area (Å²) in [4.78, 5) is 0. The molecule has 0 N–H and O–H groups in total. The Bertz CT molecular complexity index is 565. The summed E-state index contributed by atoms with van der Waals surface area (Å²) in [6, 6.07) is 7.08. The van der Waals surface area contributed by atoms with Crippen molar-refractivity contribution in [2.24, 2.45) is 11.8 Å². The Balaban J connectivity index is 0.00000576. The first-order chi connectivity index (χ1) is 11.2. The Kier molecular flexibility index (Phi) is 11.4. The number of benzene rings is 1. The van der Waals surface area contributed by atoms with Gasteiger partial charge in [0.1, 0.15) is 8.07 Å². The van der Waals surface area contributed by atoms with E-state index in [1.54, 1.807) is 0 Å². The Morgan fingerprint density at radius 3 is 2.08 bits per heavy atom. The van der Waals surface area contributed by atoms with E-state index in [4.69, 9.17) is 9.47 Å². The molecule has 0 spiro atoms. The molecule has 1 aromatic rings. The van der Waals surface area contributed by atoms with Crippen LogP contribution >= 0.6 is 0 Å². The summed E-state index contributed by atoms with van der Waals surface area (Å²) in [6.45, 7) is 16.9. The summed E-state index contributed by atoms with van der Waals surface area (Å²) < 4.78 is 11.8. The van der Waals surface area contributed by atoms with Crippen LogP contribution in [0, 0.1) is 29.4 Å². The molecule has 4 heteroatoms. The fourth-order valence-electron chi connectivity index (χ4n) is 1.82. The second-order valence-electron chi connectivity index (χ2n) is 8.14. The van der Waals surface area contributed by atoms with Crippen molar-refractivity contribution < 1.29 is 28.3 Å². The zero-order valence-corrected chi connectivity index (χ0v) is 18.5. The van der Waals surface area contributed by atoms with Gasteiger partial charge in [-0.25, -0.2) is 0 Å². The molecule has 0 aliphatic heterocycles. The van der Waals surface area contributed by atoms with Crippen molar-refractivity contribution in [3.8, 4) is 23.0 Å². The van der Waals surface area contributed by atoms with E-state index in [-0.39, 0.29) is 18.9 Å². The third-order valence-electron chi connectivity index (χ3n) is 3.35. The number of rotatable bonds is 8. The van der Waals surface area contributed by atoms with Crippen molar-refractivity contribution in [3.63, 3.8) is 0 Å². The SMILES string of the molecule is CC(C)CCOc1c[c-]c(OCCC(C)C)c(C#C[Si](C)(C)C)c1.[Li+]. The van der Waals surface area contributed by atoms with E-state index in [2.05, 4.69) is 64.9 Å². The molecule has 134 valence electrons. The quantitative estimate of drug-likeness (QED) is 0.407. The number of hydrogen-bond acceptors (Lipinski definition) is 2. The smallest absolute Gasteiger partial charge is 0.551 e. The van der Waals surface area contributed by atoms with Crippen LogP contribution in [0.4, 0.5) is 0 Å². The molecule has 25 heavy (non-hydrogen) atoms. The van der Waals surface area contributed by atoms with Crippen molar-refractivity contribution in [2.45, 2.75) is 60.2 Å². The van der Waals surface area contributed by atoms with E-state index in [9.17, 15) is 0 Å². The van der Waals surface area contributed by atoms with Crippen molar-refractivity contribution in [3.05, 3.63) is 23.8 Å². The summed E-state index contributed by atoms with van der Waals surface area (Å²) in [5.41, 5.74) is 4.30. The van der Waals surface area contributed by atoms with Crippen molar-refractivity contribution in [1.29, 1.82) is 0 Å². The van der Waals surface area contributed by atoms with Gasteiger partial charge in [0.2, 0.25) is 0 Å². The van der Waals surface area contributed by atoms with Crippen molar-refractivity contribution in [2.75, 3.05) is 13.2 Å². The second-order valence-corrected chi connectivity index (χ2v) is 12.9. The van der Waals surface area contributed by atoms with Gasteiger partial charge in [-0.1, -0.05) is 47.3 Å². The van der Waals surface area contributed by atoms with Gasteiger partial charge in [-0.15, -0.1) is 29.7 Å². The molecule has 0 fully saturated rings. The second kappa shape index (κ2) is 11.7. The van der Waals surface area contributed by atoms with Gasteiger partial charge in [0, 0.05) is 11.5 Å². The van der Waals surface area contributed by atoms with E-state index >= 15 is 0 Å². The third-order valence-corrected chi connectivity index (χ3v) is 4.23. The molecule has 0 aliphatic carbocycles. The van der Waals surface area contributed by atoms with E-state index < -0.39 is 8.07 Å². The molecule has 0 aliphatic rings. The summed E-state index contributed by atoms with van der Waals surface area (Å²) >= 11 is 0. The van der Waals surface area contributed by atoms with E-state index in [1.165, 1.54) is 0 Å². The number of hydrogen-bond donors (Lipinski definition) is 0. The summed E-state index contributed by atoms with van der Waals surface area (Å²) in [5.74, 6) is 6.14. The van der Waals surface area contributed by atoms with Crippen LogP contribution in [0.2, 0.25) is 19.6 Å². The average Bonchev–Trinajstić information content (AvgIpc) is 2.45. The number of ether oxygens (including phenoxy) is 2. The molecule has 0 aromatic heterocycles. The molecule has 0 saturated heterocycles. The van der Waals surface area contributed by atoms with Gasteiger partial charge in [-0.2, -0.15) is 0 Å². The first kappa shape index (κ1) is 24.2. The van der Waals surface area contributed by atoms with Crippen LogP contribution in [0.15, 0.2) is 12.1 Å². The molecular formula is C21H33LiO2Si. The van der Waals surface area contributed by atoms with E-state index in [0.717, 1.165) is 36.5 Å². The van der Waals surface area contributed by atoms with Gasteiger partial charge in [-0.05, 0) is 30.2 Å². The standard InChI is InChI=1S/C21H33O2Si.Li/c1-17(2)10-13-22-20-8-9-21(23-14-11-18(3)4)19(16-20)12-15-24(5,6)7;/h8,16-18H,10-11,13-14H2,1-7H3;/q-1;+1. The molecule has 1 aromatic carbocycles. The van der Waals surface area contributed by atoms with Crippen LogP contribution in [0.25, 0.3) is 0 Å². The fraction of sp³-hybridized carbons (Fsp3) is 0.619. The zero-order valence-electron chi connectivity index (χ0n) is 17.5. The molecular weight excluding hydrogens is 319 g/mol. The maximum atomic E-state index is 5.91. The van der Waals surface area contributed by atoms with Gasteiger partial charge >= 0.3 is 18.9 Å². The topological polar surface area (TPSA) is 18.5 Å². The van der Waals surface area contributed by atoms with Crippen LogP contribution in [0.5, 0.6) is 11.5 Å². The van der Waals surface area contributed by atoms with Gasteiger partial charge in [0.15, 0.2) is 0 Å². The maximum absolute atomic E-state index is 5.91. The van der Waals surface area contributed by atoms with E-state index in [0.29, 0.717) is 18.4 Å². The summed E-state index contributed by atoms with van der Waals surface area (Å²) in [6.07, 6.45) is 2.07. The third kappa shape index (κ3) is 11.4. The monoisotopic (exact) mass is 352 g/mol. The van der Waals surface area contributed by atoms with Gasteiger partial charge in [-0.3, -0.25) is 0 Å². The minimum Gasteiger partial charge on any atom is -0.551 e. The van der Waals surface area contributed by atoms with Crippen LogP contribution in [-0.4, -0.2) is 21.3 Å². The van der Waals surface area contributed by atoms with Crippen molar-refractivity contribution in [1.82, 2.24) is 0 Å². The fourth-order valence-corrected chi connectivity index (χ4v) is 2.33. The first-order valence-corrected chi connectivity index (χ1v) is 12.5. The molecule has 0 unspecified atom stereocenters. The molecule has 0 saturated carbocycles. The van der Waals surface area contributed by atoms with E-state index in [1.807, 2.05) is 12.1 Å². The predicted octanol–water partition coefficient (Wildman–Crippen LogP) is 2.57. The molecule has 1 rings (SSSR count). The van der Waals surface area contributed by atoms with Gasteiger partial charge < -0.3 is 9.47 Å². The van der Waals surface area contributed by atoms with Gasteiger partial charge in [0.25, 0.3) is 0 Å². The summed E-state index contributed by atoms with van der Waals surface area (Å²) in [7, 11) is -1.44. The maximum Gasteiger partial charge on any atom is 1.00 e. The Labute approximate surface area is 168 Å². The molecule has 2 nitrogen and oxygen atoms in total. The first-order valence-electron chi connectivity index (χ1n) is 9.02. The molecule has 0 radical (unpaired) electrons. The van der Waals surface area contributed by atoms with Gasteiger partial charge in [0.05, 0.1) is 13.2 Å². The van der Waals surface area contributed by atoms with Crippen LogP contribution in [0.1, 0.15) is 46.1 Å². The largest absolute Gasteiger partial charge is 1.00 e. The predicted molar refractivity (Wildman–Crippen MR) is 105 cm³/mol. The minimum atomic E-state index is -1.44. The summed E-state index contributed by atoms with van der Waals surface area (Å²) in [5, 5.41) is 0.